The lowest BCUT2D eigenvalue weighted by Crippen LogP contribution is -2.29. The average Bonchev–Trinajstić information content (AvgIpc) is 3.37. The van der Waals surface area contributed by atoms with Crippen LogP contribution in [-0.2, 0) is 9.59 Å². The van der Waals surface area contributed by atoms with E-state index < -0.39 is 17.7 Å². The van der Waals surface area contributed by atoms with Crippen LogP contribution in [0.15, 0.2) is 72.3 Å². The third kappa shape index (κ3) is 4.27. The van der Waals surface area contributed by atoms with E-state index in [1.54, 1.807) is 66.7 Å². The number of thiazole rings is 1. The van der Waals surface area contributed by atoms with Crippen LogP contribution in [-0.4, -0.2) is 28.4 Å². The van der Waals surface area contributed by atoms with Crippen LogP contribution in [0.5, 0.6) is 5.75 Å². The molecule has 0 aliphatic carbocycles. The molecule has 1 atom stereocenters. The van der Waals surface area contributed by atoms with Gasteiger partial charge in [-0.2, -0.15) is 0 Å². The first-order valence-electron chi connectivity index (χ1n) is 10.7. The molecule has 0 bridgehead atoms. The average molecular weight is 525 g/mol. The van der Waals surface area contributed by atoms with Crippen LogP contribution in [0.1, 0.15) is 24.1 Å². The molecule has 1 unspecified atom stereocenters. The monoisotopic (exact) mass is 524 g/mol. The number of carbonyl (C=O) groups is 2. The zero-order valence-electron chi connectivity index (χ0n) is 18.4. The second kappa shape index (κ2) is 9.34. The number of Topliss-reactive ketones (excluding diaryl/α,β-unsaturated/α-hetero) is 1. The van der Waals surface area contributed by atoms with Gasteiger partial charge in [0.2, 0.25) is 0 Å². The van der Waals surface area contributed by atoms with Crippen molar-refractivity contribution >= 4 is 67.3 Å². The van der Waals surface area contributed by atoms with E-state index >= 15 is 0 Å². The quantitative estimate of drug-likeness (QED) is 0.180. The smallest absolute Gasteiger partial charge is 0.301 e. The van der Waals surface area contributed by atoms with Gasteiger partial charge in [-0.1, -0.05) is 46.7 Å². The van der Waals surface area contributed by atoms with Crippen molar-refractivity contribution in [2.75, 3.05) is 11.5 Å². The highest BCUT2D eigenvalue weighted by Crippen LogP contribution is 2.45. The zero-order chi connectivity index (χ0) is 24.7. The molecule has 4 aromatic rings. The molecule has 1 N–H and O–H groups in total. The highest BCUT2D eigenvalue weighted by molar-refractivity contribution is 7.22. The number of fused-ring (bicyclic) bond motifs is 1. The number of aliphatic hydroxyl groups is 1. The van der Waals surface area contributed by atoms with E-state index in [0.717, 1.165) is 4.70 Å². The Morgan fingerprint density at radius 1 is 1.06 bits per heavy atom. The number of amides is 1. The Balaban J connectivity index is 1.72. The molecule has 6 nitrogen and oxygen atoms in total. The molecule has 1 aliphatic rings. The lowest BCUT2D eigenvalue weighted by Gasteiger charge is -2.23. The van der Waals surface area contributed by atoms with E-state index in [1.165, 1.54) is 16.2 Å². The summed E-state index contributed by atoms with van der Waals surface area (Å²) in [5.41, 5.74) is 1.58. The Kier molecular flexibility index (Phi) is 6.23. The van der Waals surface area contributed by atoms with E-state index in [4.69, 9.17) is 27.9 Å². The maximum absolute atomic E-state index is 13.4. The number of ether oxygens (including phenoxy) is 1. The third-order valence-electron chi connectivity index (χ3n) is 5.59. The minimum absolute atomic E-state index is 0.0386. The van der Waals surface area contributed by atoms with Crippen molar-refractivity contribution < 1.29 is 19.4 Å². The van der Waals surface area contributed by atoms with Crippen molar-refractivity contribution in [2.45, 2.75) is 13.0 Å². The second-order valence-corrected chi connectivity index (χ2v) is 9.67. The van der Waals surface area contributed by atoms with E-state index in [-0.39, 0.29) is 11.3 Å². The molecule has 1 amide bonds. The van der Waals surface area contributed by atoms with Gasteiger partial charge >= 0.3 is 5.91 Å². The van der Waals surface area contributed by atoms with Gasteiger partial charge in [0, 0.05) is 15.6 Å². The number of rotatable bonds is 5. The molecule has 9 heteroatoms. The highest BCUT2D eigenvalue weighted by Gasteiger charge is 2.48. The number of benzene rings is 3. The first-order chi connectivity index (χ1) is 16.9. The van der Waals surface area contributed by atoms with Gasteiger partial charge < -0.3 is 9.84 Å². The Morgan fingerprint density at radius 2 is 1.80 bits per heavy atom. The van der Waals surface area contributed by atoms with Crippen LogP contribution in [0.2, 0.25) is 10.0 Å². The lowest BCUT2D eigenvalue weighted by atomic mass is 9.95. The van der Waals surface area contributed by atoms with Crippen LogP contribution >= 0.6 is 34.5 Å². The zero-order valence-corrected chi connectivity index (χ0v) is 20.7. The number of hydrogen-bond donors (Lipinski definition) is 1. The van der Waals surface area contributed by atoms with E-state index in [0.29, 0.717) is 44.2 Å². The van der Waals surface area contributed by atoms with Crippen LogP contribution in [0.3, 0.4) is 0 Å². The van der Waals surface area contributed by atoms with Crippen molar-refractivity contribution in [3.05, 3.63) is 93.5 Å². The number of nitrogens with zero attached hydrogens (tertiary/aromatic N) is 2. The fourth-order valence-electron chi connectivity index (χ4n) is 4.04. The largest absolute Gasteiger partial charge is 0.507 e. The molecule has 0 saturated carbocycles. The minimum Gasteiger partial charge on any atom is -0.507 e. The molecule has 176 valence electrons. The van der Waals surface area contributed by atoms with Gasteiger partial charge in [-0.25, -0.2) is 4.98 Å². The van der Waals surface area contributed by atoms with E-state index in [2.05, 4.69) is 4.98 Å². The topological polar surface area (TPSA) is 79.7 Å². The van der Waals surface area contributed by atoms with E-state index in [9.17, 15) is 14.7 Å². The summed E-state index contributed by atoms with van der Waals surface area (Å²) in [6.45, 7) is 2.32. The van der Waals surface area contributed by atoms with Gasteiger partial charge in [0.15, 0.2) is 5.13 Å². The Hall–Kier alpha value is -3.39. The molecule has 5 rings (SSSR count). The predicted molar refractivity (Wildman–Crippen MR) is 138 cm³/mol. The van der Waals surface area contributed by atoms with Crippen LogP contribution in [0.4, 0.5) is 5.13 Å². The molecule has 2 heterocycles. The number of hydrogen-bond acceptors (Lipinski definition) is 6. The van der Waals surface area contributed by atoms with Gasteiger partial charge in [0.25, 0.3) is 5.78 Å². The molecule has 35 heavy (non-hydrogen) atoms. The summed E-state index contributed by atoms with van der Waals surface area (Å²) in [4.78, 5) is 32.6. The summed E-state index contributed by atoms with van der Waals surface area (Å²) in [5.74, 6) is -1.30. The van der Waals surface area contributed by atoms with Crippen molar-refractivity contribution in [1.29, 1.82) is 0 Å². The normalized spacial score (nSPS) is 17.3. The standard InChI is InChI=1S/C26H18Cl2N2O4S/c1-2-34-18-5-3-4-15(12-18)22-21(23(31)14-6-8-16(27)9-7-14)24(32)25(33)30(22)26-29-19-11-10-17(28)13-20(19)35-26/h3-13,22,31H,2H2,1H3/b23-21+. The van der Waals surface area contributed by atoms with Crippen LogP contribution < -0.4 is 9.64 Å². The molecular weight excluding hydrogens is 507 g/mol. The van der Waals surface area contributed by atoms with Crippen molar-refractivity contribution in [2.24, 2.45) is 0 Å². The molecule has 0 radical (unpaired) electrons. The summed E-state index contributed by atoms with van der Waals surface area (Å²) in [7, 11) is 0. The lowest BCUT2D eigenvalue weighted by molar-refractivity contribution is -0.132. The van der Waals surface area contributed by atoms with Gasteiger partial charge in [-0.05, 0) is 67.1 Å². The SMILES string of the molecule is CCOc1cccc(C2/C(=C(\O)c3ccc(Cl)cc3)C(=O)C(=O)N2c2nc3ccc(Cl)cc3s2)c1. The molecule has 1 aliphatic heterocycles. The molecule has 0 spiro atoms. The predicted octanol–water partition coefficient (Wildman–Crippen LogP) is 6.63. The minimum atomic E-state index is -0.915. The fraction of sp³-hybridized carbons (Fsp3) is 0.115. The first-order valence-corrected chi connectivity index (χ1v) is 12.3. The van der Waals surface area contributed by atoms with Gasteiger partial charge in [-0.3, -0.25) is 14.5 Å². The summed E-state index contributed by atoms with van der Waals surface area (Å²) < 4.78 is 6.42. The number of aromatic nitrogens is 1. The van der Waals surface area contributed by atoms with Crippen molar-refractivity contribution in [1.82, 2.24) is 4.98 Å². The van der Waals surface area contributed by atoms with Crippen LogP contribution in [0, 0.1) is 0 Å². The molecule has 1 fully saturated rings. The van der Waals surface area contributed by atoms with Crippen LogP contribution in [0.25, 0.3) is 16.0 Å². The third-order valence-corrected chi connectivity index (χ3v) is 7.10. The molecule has 1 aromatic heterocycles. The maximum atomic E-state index is 13.4. The van der Waals surface area contributed by atoms with Gasteiger partial charge in [0.05, 0.1) is 28.4 Å². The number of ketones is 1. The number of halogens is 2. The first kappa shape index (κ1) is 23.4. The summed E-state index contributed by atoms with van der Waals surface area (Å²) in [6.07, 6.45) is 0. The number of aliphatic hydroxyl groups excluding tert-OH is 1. The summed E-state index contributed by atoms with van der Waals surface area (Å²) in [5, 5.41) is 12.6. The Morgan fingerprint density at radius 3 is 2.54 bits per heavy atom. The molecular formula is C26H18Cl2N2O4S. The van der Waals surface area contributed by atoms with Gasteiger partial charge in [-0.15, -0.1) is 0 Å². The fourth-order valence-corrected chi connectivity index (χ4v) is 5.43. The number of anilines is 1. The summed E-state index contributed by atoms with van der Waals surface area (Å²) in [6, 6.07) is 17.8. The van der Waals surface area contributed by atoms with Crippen molar-refractivity contribution in [3.63, 3.8) is 0 Å². The van der Waals surface area contributed by atoms with Gasteiger partial charge in [0.1, 0.15) is 11.5 Å². The number of carbonyl (C=O) groups excluding carboxylic acids is 2. The van der Waals surface area contributed by atoms with Crippen molar-refractivity contribution in [3.8, 4) is 5.75 Å². The molecule has 3 aromatic carbocycles. The van der Waals surface area contributed by atoms with E-state index in [1.807, 2.05) is 6.92 Å². The summed E-state index contributed by atoms with van der Waals surface area (Å²) >= 11 is 13.4. The Bertz CT molecular complexity index is 1500. The maximum Gasteiger partial charge on any atom is 0.301 e. The Labute approximate surface area is 215 Å². The second-order valence-electron chi connectivity index (χ2n) is 7.79. The highest BCUT2D eigenvalue weighted by atomic mass is 35.5. The molecule has 1 saturated heterocycles.